The Labute approximate surface area is 120 Å². The molecule has 0 radical (unpaired) electrons. The number of anilines is 1. The highest BCUT2D eigenvalue weighted by Crippen LogP contribution is 2.41. The molecule has 0 N–H and O–H groups in total. The van der Waals surface area contributed by atoms with E-state index in [9.17, 15) is 4.79 Å². The van der Waals surface area contributed by atoms with Gasteiger partial charge in [0, 0.05) is 55.6 Å². The molecule has 1 amide bonds. The molecular formula is C16H23N3O. The smallest absolute Gasteiger partial charge is 0.223 e. The highest BCUT2D eigenvalue weighted by atomic mass is 16.2. The molecule has 2 saturated heterocycles. The van der Waals surface area contributed by atoms with E-state index in [0.717, 1.165) is 51.1 Å². The minimum Gasteiger partial charge on any atom is -0.371 e. The van der Waals surface area contributed by atoms with Crippen LogP contribution in [0.15, 0.2) is 18.3 Å². The van der Waals surface area contributed by atoms with Crippen molar-refractivity contribution in [3.63, 3.8) is 0 Å². The van der Waals surface area contributed by atoms with Crippen molar-refractivity contribution < 1.29 is 4.79 Å². The molecule has 108 valence electrons. The number of aromatic nitrogens is 1. The van der Waals surface area contributed by atoms with E-state index in [1.165, 1.54) is 5.69 Å². The third kappa shape index (κ3) is 2.39. The zero-order chi connectivity index (χ0) is 14.2. The summed E-state index contributed by atoms with van der Waals surface area (Å²) >= 11 is 0. The molecule has 0 aliphatic carbocycles. The number of rotatable bonds is 2. The van der Waals surface area contributed by atoms with Crippen LogP contribution in [0.2, 0.25) is 0 Å². The highest BCUT2D eigenvalue weighted by molar-refractivity contribution is 5.79. The van der Waals surface area contributed by atoms with E-state index in [1.807, 2.05) is 18.0 Å². The summed E-state index contributed by atoms with van der Waals surface area (Å²) < 4.78 is 0. The van der Waals surface area contributed by atoms with Gasteiger partial charge in [-0.2, -0.15) is 0 Å². The van der Waals surface area contributed by atoms with E-state index in [2.05, 4.69) is 28.9 Å². The summed E-state index contributed by atoms with van der Waals surface area (Å²) in [6.45, 7) is 8.03. The first-order valence-electron chi connectivity index (χ1n) is 7.57. The lowest BCUT2D eigenvalue weighted by Crippen LogP contribution is -2.41. The number of piperidine rings is 1. The van der Waals surface area contributed by atoms with Crippen LogP contribution < -0.4 is 4.90 Å². The van der Waals surface area contributed by atoms with Gasteiger partial charge in [-0.15, -0.1) is 0 Å². The molecule has 2 aliphatic rings. The Balaban J connectivity index is 1.67. The average molecular weight is 273 g/mol. The molecule has 0 bridgehead atoms. The normalized spacial score (nSPS) is 21.8. The number of hydrogen-bond acceptors (Lipinski definition) is 3. The largest absolute Gasteiger partial charge is 0.371 e. The van der Waals surface area contributed by atoms with Crippen molar-refractivity contribution in [3.8, 4) is 0 Å². The fourth-order valence-corrected chi connectivity index (χ4v) is 3.57. The Hall–Kier alpha value is -1.58. The van der Waals surface area contributed by atoms with Gasteiger partial charge in [-0.25, -0.2) is 0 Å². The van der Waals surface area contributed by atoms with Gasteiger partial charge < -0.3 is 9.80 Å². The molecule has 20 heavy (non-hydrogen) atoms. The van der Waals surface area contributed by atoms with Gasteiger partial charge in [-0.3, -0.25) is 9.78 Å². The second-order valence-corrected chi connectivity index (χ2v) is 6.23. The molecule has 1 aromatic heterocycles. The Morgan fingerprint density at radius 2 is 2.10 bits per heavy atom. The summed E-state index contributed by atoms with van der Waals surface area (Å²) in [6.07, 6.45) is 4.88. The Bertz CT molecular complexity index is 506. The maximum Gasteiger partial charge on any atom is 0.223 e. The molecule has 0 saturated carbocycles. The number of hydrogen-bond donors (Lipinski definition) is 0. The monoisotopic (exact) mass is 273 g/mol. The van der Waals surface area contributed by atoms with Crippen LogP contribution in [0.3, 0.4) is 0 Å². The lowest BCUT2D eigenvalue weighted by Gasteiger charge is -2.40. The van der Waals surface area contributed by atoms with Gasteiger partial charge >= 0.3 is 0 Å². The minimum absolute atomic E-state index is 0.242. The number of carbonyl (C=O) groups excluding carboxylic acids is 1. The highest BCUT2D eigenvalue weighted by Gasteiger charge is 2.44. The van der Waals surface area contributed by atoms with Crippen LogP contribution in [-0.4, -0.2) is 42.0 Å². The number of nitrogens with zero attached hydrogens (tertiary/aromatic N) is 3. The molecule has 0 aromatic carbocycles. The second-order valence-electron chi connectivity index (χ2n) is 6.23. The zero-order valence-electron chi connectivity index (χ0n) is 12.4. The third-order valence-electron chi connectivity index (χ3n) is 4.86. The van der Waals surface area contributed by atoms with Crippen molar-refractivity contribution in [2.45, 2.75) is 33.1 Å². The first-order valence-corrected chi connectivity index (χ1v) is 7.57. The van der Waals surface area contributed by atoms with Gasteiger partial charge in [0.1, 0.15) is 0 Å². The molecule has 4 heteroatoms. The molecule has 3 rings (SSSR count). The van der Waals surface area contributed by atoms with Crippen molar-refractivity contribution >= 4 is 11.6 Å². The van der Waals surface area contributed by atoms with E-state index in [0.29, 0.717) is 5.91 Å². The fraction of sp³-hybridized carbons (Fsp3) is 0.625. The van der Waals surface area contributed by atoms with Gasteiger partial charge in [-0.05, 0) is 38.8 Å². The second kappa shape index (κ2) is 5.08. The number of carbonyl (C=O) groups is 1. The number of aryl methyl sites for hydroxylation is 1. The Kier molecular flexibility index (Phi) is 3.40. The van der Waals surface area contributed by atoms with E-state index < -0.39 is 0 Å². The summed E-state index contributed by atoms with van der Waals surface area (Å²) in [7, 11) is 0. The van der Waals surface area contributed by atoms with E-state index in [4.69, 9.17) is 0 Å². The maximum atomic E-state index is 12.0. The molecule has 0 atom stereocenters. The first-order chi connectivity index (χ1) is 9.62. The van der Waals surface area contributed by atoms with Crippen molar-refractivity contribution in [3.05, 3.63) is 24.0 Å². The van der Waals surface area contributed by atoms with Gasteiger partial charge in [-0.1, -0.05) is 0 Å². The van der Waals surface area contributed by atoms with Crippen LogP contribution in [-0.2, 0) is 4.79 Å². The molecule has 3 heterocycles. The van der Waals surface area contributed by atoms with Crippen molar-refractivity contribution in [1.29, 1.82) is 0 Å². The topological polar surface area (TPSA) is 36.4 Å². The van der Waals surface area contributed by atoms with Gasteiger partial charge in [0.15, 0.2) is 0 Å². The fourth-order valence-electron chi connectivity index (χ4n) is 3.57. The maximum absolute atomic E-state index is 12.0. The standard InChI is InChI=1S/C16H23N3O/c1-3-18-12-16(11-15(18)20)5-8-19(9-6-16)14-4-7-17-13(2)10-14/h4,7,10H,3,5-6,8-9,11-12H2,1-2H3. The average Bonchev–Trinajstić information content (AvgIpc) is 2.75. The Morgan fingerprint density at radius 1 is 1.35 bits per heavy atom. The number of likely N-dealkylation sites (tertiary alicyclic amines) is 1. The van der Waals surface area contributed by atoms with Crippen LogP contribution in [0, 0.1) is 12.3 Å². The Morgan fingerprint density at radius 3 is 2.70 bits per heavy atom. The summed E-state index contributed by atoms with van der Waals surface area (Å²) in [5.74, 6) is 0.348. The minimum atomic E-state index is 0.242. The van der Waals surface area contributed by atoms with Gasteiger partial charge in [0.25, 0.3) is 0 Å². The SMILES string of the molecule is CCN1CC2(CCN(c3ccnc(C)c3)CC2)CC1=O. The van der Waals surface area contributed by atoms with Crippen molar-refractivity contribution in [2.24, 2.45) is 5.41 Å². The molecule has 2 fully saturated rings. The molecule has 1 aromatic rings. The molecule has 1 spiro atoms. The van der Waals surface area contributed by atoms with Crippen LogP contribution >= 0.6 is 0 Å². The molecule has 0 unspecified atom stereocenters. The number of amides is 1. The van der Waals surface area contributed by atoms with Crippen molar-refractivity contribution in [1.82, 2.24) is 9.88 Å². The van der Waals surface area contributed by atoms with Gasteiger partial charge in [0.2, 0.25) is 5.91 Å². The number of pyridine rings is 1. The molecular weight excluding hydrogens is 250 g/mol. The van der Waals surface area contributed by atoms with Crippen LogP contribution in [0.1, 0.15) is 31.9 Å². The van der Waals surface area contributed by atoms with E-state index in [1.54, 1.807) is 0 Å². The van der Waals surface area contributed by atoms with Gasteiger partial charge in [0.05, 0.1) is 0 Å². The predicted molar refractivity (Wildman–Crippen MR) is 79.7 cm³/mol. The van der Waals surface area contributed by atoms with Crippen molar-refractivity contribution in [2.75, 3.05) is 31.1 Å². The molecule has 4 nitrogen and oxygen atoms in total. The summed E-state index contributed by atoms with van der Waals surface area (Å²) in [4.78, 5) is 20.7. The predicted octanol–water partition coefficient (Wildman–Crippen LogP) is 2.23. The van der Waals surface area contributed by atoms with E-state index >= 15 is 0 Å². The van der Waals surface area contributed by atoms with Crippen LogP contribution in [0.25, 0.3) is 0 Å². The third-order valence-corrected chi connectivity index (χ3v) is 4.86. The molecule has 2 aliphatic heterocycles. The van der Waals surface area contributed by atoms with Crippen LogP contribution in [0.4, 0.5) is 5.69 Å². The lowest BCUT2D eigenvalue weighted by atomic mass is 9.77. The summed E-state index contributed by atoms with van der Waals surface area (Å²) in [6, 6.07) is 4.24. The first kappa shape index (κ1) is 13.4. The summed E-state index contributed by atoms with van der Waals surface area (Å²) in [5, 5.41) is 0. The van der Waals surface area contributed by atoms with Crippen LogP contribution in [0.5, 0.6) is 0 Å². The summed E-state index contributed by atoms with van der Waals surface area (Å²) in [5.41, 5.74) is 2.58. The van der Waals surface area contributed by atoms with E-state index in [-0.39, 0.29) is 5.41 Å². The zero-order valence-corrected chi connectivity index (χ0v) is 12.4. The lowest BCUT2D eigenvalue weighted by molar-refractivity contribution is -0.127. The quantitative estimate of drug-likeness (QED) is 0.829.